The highest BCUT2D eigenvalue weighted by Crippen LogP contribution is 2.33. The largest absolute Gasteiger partial charge is 0.326 e. The van der Waals surface area contributed by atoms with Gasteiger partial charge < -0.3 is 5.32 Å². The number of rotatable bonds is 5. The molecular formula is C24H27FN4O4S. The number of hydrogen-bond acceptors (Lipinski definition) is 5. The molecule has 2 saturated heterocycles. The van der Waals surface area contributed by atoms with Crippen molar-refractivity contribution < 1.29 is 22.4 Å². The molecule has 10 heteroatoms. The van der Waals surface area contributed by atoms with Gasteiger partial charge in [0.25, 0.3) is 5.91 Å². The van der Waals surface area contributed by atoms with Gasteiger partial charge in [-0.15, -0.1) is 0 Å². The lowest BCUT2D eigenvalue weighted by molar-refractivity contribution is -0.132. The van der Waals surface area contributed by atoms with Crippen molar-refractivity contribution in [3.8, 4) is 0 Å². The van der Waals surface area contributed by atoms with Gasteiger partial charge in [0.2, 0.25) is 10.0 Å². The summed E-state index contributed by atoms with van der Waals surface area (Å²) in [6.07, 6.45) is 3.12. The van der Waals surface area contributed by atoms with E-state index >= 15 is 0 Å². The van der Waals surface area contributed by atoms with Crippen LogP contribution in [0.2, 0.25) is 0 Å². The van der Waals surface area contributed by atoms with Crippen molar-refractivity contribution in [2.24, 2.45) is 0 Å². The van der Waals surface area contributed by atoms with E-state index in [2.05, 4.69) is 5.32 Å². The maximum Gasteiger partial charge on any atom is 0.326 e. The van der Waals surface area contributed by atoms with Crippen LogP contribution in [0.15, 0.2) is 47.4 Å². The van der Waals surface area contributed by atoms with Gasteiger partial charge in [-0.1, -0.05) is 24.3 Å². The summed E-state index contributed by atoms with van der Waals surface area (Å²) in [6.45, 7) is 2.88. The highest BCUT2D eigenvalue weighted by Gasteiger charge is 2.49. The van der Waals surface area contributed by atoms with E-state index in [0.29, 0.717) is 13.1 Å². The van der Waals surface area contributed by atoms with Crippen molar-refractivity contribution in [2.45, 2.75) is 36.6 Å². The zero-order valence-corrected chi connectivity index (χ0v) is 19.8. The maximum absolute atomic E-state index is 13.5. The lowest BCUT2D eigenvalue weighted by Crippen LogP contribution is -2.52. The zero-order chi connectivity index (χ0) is 24.1. The van der Waals surface area contributed by atoms with E-state index in [9.17, 15) is 22.4 Å². The molecule has 2 aromatic rings. The lowest BCUT2D eigenvalue weighted by Gasteiger charge is -2.35. The fourth-order valence-corrected chi connectivity index (χ4v) is 6.45. The van der Waals surface area contributed by atoms with Crippen molar-refractivity contribution >= 4 is 22.0 Å². The van der Waals surface area contributed by atoms with E-state index in [0.717, 1.165) is 30.9 Å². The second-order valence-corrected chi connectivity index (χ2v) is 11.2. The summed E-state index contributed by atoms with van der Waals surface area (Å²) in [7, 11) is -3.81. The minimum atomic E-state index is -3.81. The Morgan fingerprint density at radius 2 is 1.74 bits per heavy atom. The molecule has 8 nitrogen and oxygen atoms in total. The molecule has 1 unspecified atom stereocenters. The molecule has 0 saturated carbocycles. The summed E-state index contributed by atoms with van der Waals surface area (Å²) in [5.41, 5.74) is 2.18. The van der Waals surface area contributed by atoms with Gasteiger partial charge in [-0.05, 0) is 61.1 Å². The number of aryl methyl sites for hydroxylation is 2. The number of nitrogens with zero attached hydrogens (tertiary/aromatic N) is 3. The van der Waals surface area contributed by atoms with Crippen molar-refractivity contribution in [1.82, 2.24) is 19.4 Å². The predicted molar refractivity (Wildman–Crippen MR) is 123 cm³/mol. The molecule has 1 aliphatic carbocycles. The first-order chi connectivity index (χ1) is 16.2. The number of imide groups is 1. The van der Waals surface area contributed by atoms with E-state index in [1.807, 2.05) is 23.1 Å². The average molecular weight is 487 g/mol. The second kappa shape index (κ2) is 8.44. The van der Waals surface area contributed by atoms with E-state index in [-0.39, 0.29) is 30.6 Å². The van der Waals surface area contributed by atoms with Crippen molar-refractivity contribution in [2.75, 3.05) is 32.8 Å². The number of nitrogens with one attached hydrogen (secondary N) is 1. The summed E-state index contributed by atoms with van der Waals surface area (Å²) in [5, 5.41) is 2.86. The molecule has 1 atom stereocenters. The van der Waals surface area contributed by atoms with Crippen LogP contribution in [0.5, 0.6) is 0 Å². The minimum Gasteiger partial charge on any atom is -0.319 e. The molecule has 34 heavy (non-hydrogen) atoms. The Bertz CT molecular complexity index is 1260. The van der Waals surface area contributed by atoms with E-state index < -0.39 is 27.4 Å². The quantitative estimate of drug-likeness (QED) is 0.654. The van der Waals surface area contributed by atoms with Crippen LogP contribution in [0.3, 0.4) is 0 Å². The number of hydrogen-bond donors (Lipinski definition) is 1. The van der Waals surface area contributed by atoms with Gasteiger partial charge in [-0.2, -0.15) is 4.31 Å². The van der Waals surface area contributed by atoms with E-state index in [4.69, 9.17) is 0 Å². The number of piperazine rings is 1. The van der Waals surface area contributed by atoms with Crippen molar-refractivity contribution in [3.05, 3.63) is 65.0 Å². The van der Waals surface area contributed by atoms with Crippen LogP contribution < -0.4 is 5.32 Å². The highest BCUT2D eigenvalue weighted by atomic mass is 32.2. The highest BCUT2D eigenvalue weighted by molar-refractivity contribution is 7.89. The third kappa shape index (κ3) is 3.89. The molecule has 0 bridgehead atoms. The number of amides is 3. The predicted octanol–water partition coefficient (Wildman–Crippen LogP) is 2.05. The summed E-state index contributed by atoms with van der Waals surface area (Å²) in [6, 6.07) is 10.5. The normalized spacial score (nSPS) is 23.9. The van der Waals surface area contributed by atoms with Crippen LogP contribution in [0, 0.1) is 5.82 Å². The molecule has 0 spiro atoms. The number of urea groups is 1. The second-order valence-electron chi connectivity index (χ2n) is 9.25. The lowest BCUT2D eigenvalue weighted by atomic mass is 9.90. The first-order valence-electron chi connectivity index (χ1n) is 11.4. The van der Waals surface area contributed by atoms with Crippen molar-refractivity contribution in [1.29, 1.82) is 0 Å². The van der Waals surface area contributed by atoms with E-state index in [1.165, 1.54) is 38.5 Å². The fourth-order valence-electron chi connectivity index (χ4n) is 4.99. The van der Waals surface area contributed by atoms with Gasteiger partial charge in [0.1, 0.15) is 11.4 Å². The van der Waals surface area contributed by atoms with Crippen molar-refractivity contribution in [3.63, 3.8) is 0 Å². The standard InChI is InChI=1S/C24H27FN4O4S/c1-24(19-9-8-17-4-2-5-18(17)14-19)22(30)29(23(31)26-24)16-27-10-12-28(13-11-27)34(32,33)21-7-3-6-20(25)15-21/h3,6-9,14-15H,2,4-5,10-13,16H2,1H3,(H,26,31). The Balaban J connectivity index is 1.25. The van der Waals surface area contributed by atoms with Gasteiger partial charge in [-0.3, -0.25) is 9.69 Å². The molecule has 2 aliphatic heterocycles. The number of benzene rings is 2. The van der Waals surface area contributed by atoms with Crippen LogP contribution in [0.4, 0.5) is 9.18 Å². The third-order valence-electron chi connectivity index (χ3n) is 7.06. The monoisotopic (exact) mass is 486 g/mol. The number of carbonyl (C=O) groups excluding carboxylic acids is 2. The summed E-state index contributed by atoms with van der Waals surface area (Å²) < 4.78 is 40.5. The molecule has 0 aromatic heterocycles. The summed E-state index contributed by atoms with van der Waals surface area (Å²) in [4.78, 5) is 29.1. The molecule has 3 amide bonds. The maximum atomic E-state index is 13.5. The van der Waals surface area contributed by atoms with Gasteiger partial charge >= 0.3 is 6.03 Å². The number of halogens is 1. The Labute approximate surface area is 198 Å². The average Bonchev–Trinajstić information content (AvgIpc) is 3.38. The van der Waals surface area contributed by atoms with Gasteiger partial charge in [0.05, 0.1) is 11.6 Å². The smallest absolute Gasteiger partial charge is 0.319 e. The van der Waals surface area contributed by atoms with Gasteiger partial charge in [0.15, 0.2) is 0 Å². The van der Waals surface area contributed by atoms with Crippen LogP contribution in [0.1, 0.15) is 30.0 Å². The third-order valence-corrected chi connectivity index (χ3v) is 8.95. The first-order valence-corrected chi connectivity index (χ1v) is 12.9. The molecule has 2 fully saturated rings. The summed E-state index contributed by atoms with van der Waals surface area (Å²) in [5.74, 6) is -0.921. The minimum absolute atomic E-state index is 0.0824. The molecule has 2 aromatic carbocycles. The Morgan fingerprint density at radius 3 is 2.47 bits per heavy atom. The molecule has 0 radical (unpaired) electrons. The zero-order valence-electron chi connectivity index (χ0n) is 19.0. The number of fused-ring (bicyclic) bond motifs is 1. The number of sulfonamides is 1. The van der Waals surface area contributed by atoms with Gasteiger partial charge in [-0.25, -0.2) is 22.5 Å². The van der Waals surface area contributed by atoms with Crippen LogP contribution >= 0.6 is 0 Å². The van der Waals surface area contributed by atoms with Crippen LogP contribution in [-0.2, 0) is 33.2 Å². The molecule has 180 valence electrons. The molecule has 1 N–H and O–H groups in total. The molecule has 2 heterocycles. The molecule has 3 aliphatic rings. The summed E-state index contributed by atoms with van der Waals surface area (Å²) >= 11 is 0. The topological polar surface area (TPSA) is 90.0 Å². The Kier molecular flexibility index (Phi) is 5.70. The molecule has 5 rings (SSSR count). The van der Waals surface area contributed by atoms with E-state index in [1.54, 1.807) is 6.92 Å². The Hall–Kier alpha value is -2.82. The number of carbonyl (C=O) groups is 2. The van der Waals surface area contributed by atoms with Crippen LogP contribution in [0.25, 0.3) is 0 Å². The Morgan fingerprint density at radius 1 is 1.00 bits per heavy atom. The first kappa shape index (κ1) is 22.9. The molecular weight excluding hydrogens is 459 g/mol. The van der Waals surface area contributed by atoms with Gasteiger partial charge in [0, 0.05) is 26.2 Å². The fraction of sp³-hybridized carbons (Fsp3) is 0.417. The SMILES string of the molecule is CC1(c2ccc3c(c2)CCC3)NC(=O)N(CN2CCN(S(=O)(=O)c3cccc(F)c3)CC2)C1=O. The van der Waals surface area contributed by atoms with Crippen LogP contribution in [-0.4, -0.2) is 67.3 Å².